The maximum Gasteiger partial charge on any atom is 0.337 e. The second kappa shape index (κ2) is 5.38. The van der Waals surface area contributed by atoms with E-state index in [0.717, 1.165) is 5.69 Å². The molecule has 0 saturated heterocycles. The summed E-state index contributed by atoms with van der Waals surface area (Å²) in [6.45, 7) is 2.33. The van der Waals surface area contributed by atoms with Gasteiger partial charge < -0.3 is 20.7 Å². The maximum absolute atomic E-state index is 10.8. The van der Waals surface area contributed by atoms with E-state index >= 15 is 0 Å². The van der Waals surface area contributed by atoms with Crippen molar-refractivity contribution in [3.63, 3.8) is 0 Å². The van der Waals surface area contributed by atoms with Crippen LogP contribution in [0.2, 0.25) is 0 Å². The first-order chi connectivity index (χ1) is 9.06. The molecule has 0 atom stereocenters. The van der Waals surface area contributed by atoms with E-state index in [2.05, 4.69) is 15.5 Å². The highest BCUT2D eigenvalue weighted by molar-refractivity contribution is 5.94. The van der Waals surface area contributed by atoms with E-state index < -0.39 is 5.97 Å². The minimum Gasteiger partial charge on any atom is -0.478 e. The standard InChI is InChI=1S/C12H14N4O3/c1-7-15-11(16-19-7)4-5-14-8-2-3-9(12(17)18)10(13)6-8/h2-3,6,14H,4-5,13H2,1H3,(H,17,18). The highest BCUT2D eigenvalue weighted by atomic mass is 16.5. The molecule has 1 aromatic heterocycles. The molecular weight excluding hydrogens is 248 g/mol. The van der Waals surface area contributed by atoms with Crippen LogP contribution in [0.1, 0.15) is 22.1 Å². The van der Waals surface area contributed by atoms with Crippen molar-refractivity contribution in [3.8, 4) is 0 Å². The van der Waals surface area contributed by atoms with E-state index in [9.17, 15) is 4.79 Å². The number of nitrogens with one attached hydrogen (secondary N) is 1. The lowest BCUT2D eigenvalue weighted by Crippen LogP contribution is -2.08. The van der Waals surface area contributed by atoms with Crippen molar-refractivity contribution >= 4 is 17.3 Å². The minimum absolute atomic E-state index is 0.0966. The van der Waals surface area contributed by atoms with Crippen LogP contribution in [-0.2, 0) is 6.42 Å². The summed E-state index contributed by atoms with van der Waals surface area (Å²) in [5.41, 5.74) is 6.73. The van der Waals surface area contributed by atoms with Gasteiger partial charge in [-0.3, -0.25) is 0 Å². The van der Waals surface area contributed by atoms with Gasteiger partial charge in [0.2, 0.25) is 5.89 Å². The van der Waals surface area contributed by atoms with E-state index in [1.54, 1.807) is 19.1 Å². The summed E-state index contributed by atoms with van der Waals surface area (Å²) < 4.78 is 4.85. The minimum atomic E-state index is -1.04. The molecule has 0 aliphatic rings. The Morgan fingerprint density at radius 1 is 1.53 bits per heavy atom. The number of nitrogen functional groups attached to an aromatic ring is 1. The van der Waals surface area contributed by atoms with Gasteiger partial charge in [-0.1, -0.05) is 5.16 Å². The Bertz CT molecular complexity index is 594. The molecule has 1 aromatic carbocycles. The van der Waals surface area contributed by atoms with Crippen LogP contribution in [0.3, 0.4) is 0 Å². The second-order valence-corrected chi connectivity index (χ2v) is 4.01. The van der Waals surface area contributed by atoms with Gasteiger partial charge in [0.1, 0.15) is 0 Å². The number of rotatable bonds is 5. The van der Waals surface area contributed by atoms with Crippen LogP contribution in [-0.4, -0.2) is 27.8 Å². The summed E-state index contributed by atoms with van der Waals surface area (Å²) in [7, 11) is 0. The molecule has 0 amide bonds. The van der Waals surface area contributed by atoms with Crippen LogP contribution in [0.25, 0.3) is 0 Å². The molecule has 2 rings (SSSR count). The third-order valence-corrected chi connectivity index (χ3v) is 2.53. The lowest BCUT2D eigenvalue weighted by molar-refractivity contribution is 0.0698. The van der Waals surface area contributed by atoms with E-state index in [1.165, 1.54) is 6.07 Å². The Morgan fingerprint density at radius 3 is 2.89 bits per heavy atom. The van der Waals surface area contributed by atoms with Crippen molar-refractivity contribution in [2.75, 3.05) is 17.6 Å². The van der Waals surface area contributed by atoms with Gasteiger partial charge in [0.05, 0.1) is 5.56 Å². The van der Waals surface area contributed by atoms with Crippen molar-refractivity contribution in [1.29, 1.82) is 0 Å². The molecule has 2 aromatic rings. The molecule has 7 heteroatoms. The van der Waals surface area contributed by atoms with E-state index in [4.69, 9.17) is 15.4 Å². The van der Waals surface area contributed by atoms with Gasteiger partial charge in [0, 0.05) is 31.3 Å². The molecule has 0 spiro atoms. The first-order valence-electron chi connectivity index (χ1n) is 5.72. The smallest absolute Gasteiger partial charge is 0.337 e. The fourth-order valence-corrected chi connectivity index (χ4v) is 1.63. The summed E-state index contributed by atoms with van der Waals surface area (Å²) in [5, 5.41) is 15.7. The van der Waals surface area contributed by atoms with Gasteiger partial charge in [-0.2, -0.15) is 4.98 Å². The van der Waals surface area contributed by atoms with Crippen molar-refractivity contribution in [2.45, 2.75) is 13.3 Å². The van der Waals surface area contributed by atoms with Crippen LogP contribution >= 0.6 is 0 Å². The number of aryl methyl sites for hydroxylation is 1. The topological polar surface area (TPSA) is 114 Å². The Kier molecular flexibility index (Phi) is 3.65. The van der Waals surface area contributed by atoms with Crippen molar-refractivity contribution in [3.05, 3.63) is 35.5 Å². The molecule has 0 bridgehead atoms. The van der Waals surface area contributed by atoms with Crippen molar-refractivity contribution < 1.29 is 14.4 Å². The summed E-state index contributed by atoms with van der Waals surface area (Å²) in [5.74, 6) is 0.122. The van der Waals surface area contributed by atoms with Crippen molar-refractivity contribution in [2.24, 2.45) is 0 Å². The van der Waals surface area contributed by atoms with Gasteiger partial charge in [0.15, 0.2) is 5.82 Å². The number of carboxylic acids is 1. The monoisotopic (exact) mass is 262 g/mol. The third-order valence-electron chi connectivity index (χ3n) is 2.53. The Balaban J connectivity index is 1.93. The van der Waals surface area contributed by atoms with Gasteiger partial charge >= 0.3 is 5.97 Å². The Labute approximate surface area is 109 Å². The Morgan fingerprint density at radius 2 is 2.32 bits per heavy atom. The molecule has 19 heavy (non-hydrogen) atoms. The number of hydrogen-bond donors (Lipinski definition) is 3. The predicted octanol–water partition coefficient (Wildman–Crippen LogP) is 1.31. The molecule has 0 saturated carbocycles. The molecule has 0 fully saturated rings. The second-order valence-electron chi connectivity index (χ2n) is 4.01. The normalized spacial score (nSPS) is 10.4. The largest absolute Gasteiger partial charge is 0.478 e. The zero-order valence-electron chi connectivity index (χ0n) is 10.4. The molecule has 100 valence electrons. The number of benzene rings is 1. The first-order valence-corrected chi connectivity index (χ1v) is 5.72. The van der Waals surface area contributed by atoms with Crippen LogP contribution < -0.4 is 11.1 Å². The maximum atomic E-state index is 10.8. The van der Waals surface area contributed by atoms with Crippen molar-refractivity contribution in [1.82, 2.24) is 10.1 Å². The molecule has 0 radical (unpaired) electrons. The molecular formula is C12H14N4O3. The fraction of sp³-hybridized carbons (Fsp3) is 0.250. The number of carbonyl (C=O) groups is 1. The average molecular weight is 262 g/mol. The molecule has 0 aliphatic carbocycles. The SMILES string of the molecule is Cc1nc(CCNc2ccc(C(=O)O)c(N)c2)no1. The zero-order valence-corrected chi connectivity index (χ0v) is 10.4. The predicted molar refractivity (Wildman–Crippen MR) is 69.0 cm³/mol. The number of nitrogens with two attached hydrogens (primary N) is 1. The summed E-state index contributed by atoms with van der Waals surface area (Å²) in [6, 6.07) is 4.73. The molecule has 4 N–H and O–H groups in total. The van der Waals surface area contributed by atoms with Crippen LogP contribution in [0, 0.1) is 6.92 Å². The first kappa shape index (κ1) is 12.9. The number of hydrogen-bond acceptors (Lipinski definition) is 6. The highest BCUT2D eigenvalue weighted by Gasteiger charge is 2.08. The zero-order chi connectivity index (χ0) is 13.8. The Hall–Kier alpha value is -2.57. The fourth-order valence-electron chi connectivity index (χ4n) is 1.63. The number of anilines is 2. The van der Waals surface area contributed by atoms with Crippen LogP contribution in [0.4, 0.5) is 11.4 Å². The van der Waals surface area contributed by atoms with E-state index in [1.807, 2.05) is 0 Å². The molecule has 0 aliphatic heterocycles. The van der Waals surface area contributed by atoms with E-state index in [0.29, 0.717) is 24.7 Å². The quantitative estimate of drug-likeness (QED) is 0.696. The summed E-state index contributed by atoms with van der Waals surface area (Å²) in [4.78, 5) is 14.9. The van der Waals surface area contributed by atoms with Crippen LogP contribution in [0.15, 0.2) is 22.7 Å². The number of nitrogens with zero attached hydrogens (tertiary/aromatic N) is 2. The highest BCUT2D eigenvalue weighted by Crippen LogP contribution is 2.17. The number of aromatic nitrogens is 2. The summed E-state index contributed by atoms with van der Waals surface area (Å²) in [6.07, 6.45) is 0.609. The van der Waals surface area contributed by atoms with Gasteiger partial charge in [-0.15, -0.1) is 0 Å². The van der Waals surface area contributed by atoms with Gasteiger partial charge in [0.25, 0.3) is 0 Å². The average Bonchev–Trinajstić information content (AvgIpc) is 2.75. The molecule has 0 unspecified atom stereocenters. The summed E-state index contributed by atoms with van der Waals surface area (Å²) >= 11 is 0. The van der Waals surface area contributed by atoms with Gasteiger partial charge in [-0.05, 0) is 18.2 Å². The number of aromatic carboxylic acids is 1. The molecule has 1 heterocycles. The third kappa shape index (κ3) is 3.21. The van der Waals surface area contributed by atoms with E-state index in [-0.39, 0.29) is 11.3 Å². The lowest BCUT2D eigenvalue weighted by Gasteiger charge is -2.07. The van der Waals surface area contributed by atoms with Crippen LogP contribution in [0.5, 0.6) is 0 Å². The molecule has 7 nitrogen and oxygen atoms in total. The lowest BCUT2D eigenvalue weighted by atomic mass is 10.1. The van der Waals surface area contributed by atoms with Gasteiger partial charge in [-0.25, -0.2) is 4.79 Å². The number of carboxylic acid groups (broad SMARTS) is 1.